The molecule has 6 atom stereocenters. The molecule has 0 aromatic rings. The van der Waals surface area contributed by atoms with Gasteiger partial charge in [-0.25, -0.2) is 0 Å². The van der Waals surface area contributed by atoms with Gasteiger partial charge in [-0.3, -0.25) is 0 Å². The minimum atomic E-state index is 0.907. The van der Waals surface area contributed by atoms with E-state index >= 15 is 0 Å². The van der Waals surface area contributed by atoms with E-state index in [1.807, 2.05) is 0 Å². The van der Waals surface area contributed by atoms with Crippen molar-refractivity contribution in [3.05, 3.63) is 0 Å². The van der Waals surface area contributed by atoms with E-state index < -0.39 is 0 Å². The van der Waals surface area contributed by atoms with Crippen LogP contribution in [0.25, 0.3) is 0 Å². The maximum atomic E-state index is 2.53. The van der Waals surface area contributed by atoms with Crippen molar-refractivity contribution in [2.75, 3.05) is 0 Å². The van der Waals surface area contributed by atoms with Gasteiger partial charge in [0.2, 0.25) is 0 Å². The fraction of sp³-hybridized carbons (Fsp3) is 1.00. The van der Waals surface area contributed by atoms with Crippen molar-refractivity contribution in [2.24, 2.45) is 35.0 Å². The minimum Gasteiger partial charge on any atom is -0.0591 e. The molecular weight excluding hydrogens is 108 g/mol. The van der Waals surface area contributed by atoms with E-state index in [9.17, 15) is 0 Å². The van der Waals surface area contributed by atoms with Crippen molar-refractivity contribution >= 4 is 0 Å². The van der Waals surface area contributed by atoms with E-state index in [1.54, 1.807) is 12.8 Å². The lowest BCUT2D eigenvalue weighted by Gasteiger charge is -2.15. The number of rotatable bonds is 0. The number of hydrogen-bond acceptors (Lipinski definition) is 0. The van der Waals surface area contributed by atoms with Gasteiger partial charge in [0.15, 0.2) is 0 Å². The van der Waals surface area contributed by atoms with Crippen molar-refractivity contribution in [1.29, 1.82) is 0 Å². The summed E-state index contributed by atoms with van der Waals surface area (Å²) in [6, 6.07) is 0. The molecule has 6 unspecified atom stereocenters. The van der Waals surface area contributed by atoms with Crippen molar-refractivity contribution in [3.8, 4) is 0 Å². The van der Waals surface area contributed by atoms with Crippen LogP contribution in [0.15, 0.2) is 0 Å². The minimum absolute atomic E-state index is 0.907. The Morgan fingerprint density at radius 3 is 2.44 bits per heavy atom. The molecule has 4 aliphatic rings. The molecule has 4 rings (SSSR count). The highest BCUT2D eigenvalue weighted by molar-refractivity contribution is 5.32. The van der Waals surface area contributed by atoms with E-state index in [1.165, 1.54) is 29.6 Å². The predicted molar refractivity (Wildman–Crippen MR) is 34.8 cm³/mol. The summed E-state index contributed by atoms with van der Waals surface area (Å²) < 4.78 is 0. The maximum absolute atomic E-state index is 2.53. The van der Waals surface area contributed by atoms with Crippen LogP contribution >= 0.6 is 0 Å². The Balaban J connectivity index is 1.99. The lowest BCUT2D eigenvalue weighted by atomic mass is 9.90. The van der Waals surface area contributed by atoms with E-state index in [0.29, 0.717) is 0 Å². The van der Waals surface area contributed by atoms with Gasteiger partial charge in [0.05, 0.1) is 0 Å². The first kappa shape index (κ1) is 4.00. The number of hydrogen-bond donors (Lipinski definition) is 0. The normalized spacial score (nSPS) is 87.0. The van der Waals surface area contributed by atoms with E-state index in [0.717, 1.165) is 5.41 Å². The Labute approximate surface area is 55.6 Å². The third-order valence-corrected chi connectivity index (χ3v) is 4.95. The Morgan fingerprint density at radius 2 is 2.22 bits per heavy atom. The average molecular weight is 120 g/mol. The topological polar surface area (TPSA) is 0 Å². The third kappa shape index (κ3) is 0.210. The largest absolute Gasteiger partial charge is 0.0591 e. The molecule has 0 spiro atoms. The molecule has 9 heavy (non-hydrogen) atoms. The lowest BCUT2D eigenvalue weighted by Crippen LogP contribution is -2.06. The second kappa shape index (κ2) is 0.741. The summed E-state index contributed by atoms with van der Waals surface area (Å²) in [4.78, 5) is 0. The van der Waals surface area contributed by atoms with Crippen LogP contribution < -0.4 is 0 Å². The van der Waals surface area contributed by atoms with Gasteiger partial charge < -0.3 is 0 Å². The van der Waals surface area contributed by atoms with Gasteiger partial charge in [0, 0.05) is 0 Å². The molecular formula is C9H12. The lowest BCUT2D eigenvalue weighted by molar-refractivity contribution is 0.347. The third-order valence-electron chi connectivity index (χ3n) is 4.95. The quantitative estimate of drug-likeness (QED) is 0.458. The summed E-state index contributed by atoms with van der Waals surface area (Å²) in [5, 5.41) is 0. The van der Waals surface area contributed by atoms with Gasteiger partial charge >= 0.3 is 0 Å². The molecule has 0 N–H and O–H groups in total. The molecule has 0 aromatic carbocycles. The zero-order valence-corrected chi connectivity index (χ0v) is 5.80. The summed E-state index contributed by atoms with van der Waals surface area (Å²) in [6.45, 7) is 2.53. The van der Waals surface area contributed by atoms with E-state index in [2.05, 4.69) is 6.92 Å². The zero-order valence-electron chi connectivity index (χ0n) is 5.80. The molecule has 0 aliphatic heterocycles. The monoisotopic (exact) mass is 120 g/mol. The van der Waals surface area contributed by atoms with Crippen LogP contribution in [0.1, 0.15) is 19.8 Å². The van der Waals surface area contributed by atoms with Crippen LogP contribution in [0.4, 0.5) is 0 Å². The molecule has 0 heteroatoms. The Bertz CT molecular complexity index is 206. The summed E-state index contributed by atoms with van der Waals surface area (Å²) in [5.74, 6) is 6.22. The van der Waals surface area contributed by atoms with Gasteiger partial charge in [0.25, 0.3) is 0 Å². The van der Waals surface area contributed by atoms with Gasteiger partial charge in [-0.2, -0.15) is 0 Å². The molecule has 0 heterocycles. The number of fused-ring (bicyclic) bond motifs is 2. The molecule has 0 nitrogen and oxygen atoms in total. The zero-order chi connectivity index (χ0) is 5.80. The smallest absolute Gasteiger partial charge is 0.0258 e. The van der Waals surface area contributed by atoms with Gasteiger partial charge in [-0.1, -0.05) is 6.92 Å². The summed E-state index contributed by atoms with van der Waals surface area (Å²) in [5.41, 5.74) is 0.907. The molecule has 0 radical (unpaired) electrons. The van der Waals surface area contributed by atoms with Crippen LogP contribution in [0.5, 0.6) is 0 Å². The summed E-state index contributed by atoms with van der Waals surface area (Å²) in [7, 11) is 0. The molecule has 0 aromatic heterocycles. The van der Waals surface area contributed by atoms with Crippen LogP contribution in [-0.4, -0.2) is 0 Å². The molecule has 0 saturated heterocycles. The fourth-order valence-corrected chi connectivity index (χ4v) is 4.54. The SMILES string of the molecule is CC12CC3C4CC1C2C43. The Kier molecular flexibility index (Phi) is 0.329. The first-order chi connectivity index (χ1) is 4.32. The van der Waals surface area contributed by atoms with Crippen molar-refractivity contribution in [2.45, 2.75) is 19.8 Å². The second-order valence-corrected chi connectivity index (χ2v) is 4.98. The molecule has 4 aliphatic carbocycles. The predicted octanol–water partition coefficient (Wildman–Crippen LogP) is 1.91. The maximum Gasteiger partial charge on any atom is -0.0258 e. The standard InChI is InChI=1S/C9H12/c1-9-3-5-4-2-6(9)8(9)7(4)5/h4-8H,2-3H2,1H3. The Hall–Kier alpha value is 0. The van der Waals surface area contributed by atoms with Crippen LogP contribution in [0.2, 0.25) is 0 Å². The highest BCUT2D eigenvalue weighted by atomic mass is 14.9. The molecule has 0 amide bonds. The average Bonchev–Trinajstić information content (AvgIpc) is 2.57. The first-order valence-corrected chi connectivity index (χ1v) is 4.32. The molecule has 48 valence electrons. The molecule has 4 fully saturated rings. The van der Waals surface area contributed by atoms with Gasteiger partial charge in [-0.15, -0.1) is 0 Å². The van der Waals surface area contributed by atoms with Crippen molar-refractivity contribution < 1.29 is 0 Å². The molecule has 4 saturated carbocycles. The van der Waals surface area contributed by atoms with Crippen LogP contribution in [-0.2, 0) is 0 Å². The second-order valence-electron chi connectivity index (χ2n) is 4.98. The molecule has 0 bridgehead atoms. The summed E-state index contributed by atoms with van der Waals surface area (Å²) in [6.07, 6.45) is 3.26. The fourth-order valence-electron chi connectivity index (χ4n) is 4.54. The van der Waals surface area contributed by atoms with E-state index in [4.69, 9.17) is 0 Å². The first-order valence-electron chi connectivity index (χ1n) is 4.32. The highest BCUT2D eigenvalue weighted by Gasteiger charge is 2.84. The van der Waals surface area contributed by atoms with Crippen molar-refractivity contribution in [1.82, 2.24) is 0 Å². The highest BCUT2D eigenvalue weighted by Crippen LogP contribution is 2.89. The Morgan fingerprint density at radius 1 is 1.33 bits per heavy atom. The van der Waals surface area contributed by atoms with Gasteiger partial charge in [0.1, 0.15) is 0 Å². The van der Waals surface area contributed by atoms with Crippen LogP contribution in [0, 0.1) is 35.0 Å². The van der Waals surface area contributed by atoms with Gasteiger partial charge in [-0.05, 0) is 47.8 Å². The summed E-state index contributed by atoms with van der Waals surface area (Å²) >= 11 is 0. The van der Waals surface area contributed by atoms with Crippen molar-refractivity contribution in [3.63, 3.8) is 0 Å². The van der Waals surface area contributed by atoms with Crippen LogP contribution in [0.3, 0.4) is 0 Å². The van der Waals surface area contributed by atoms with E-state index in [-0.39, 0.29) is 0 Å².